The number of H-pyrrole nitrogens is 1. The van der Waals surface area contributed by atoms with E-state index in [-0.39, 0.29) is 24.2 Å². The molecule has 0 radical (unpaired) electrons. The summed E-state index contributed by atoms with van der Waals surface area (Å²) in [5.41, 5.74) is 4.26. The summed E-state index contributed by atoms with van der Waals surface area (Å²) in [7, 11) is 1.59. The summed E-state index contributed by atoms with van der Waals surface area (Å²) in [5.74, 6) is 0.360. The number of hydrogen-bond acceptors (Lipinski definition) is 3. The zero-order valence-corrected chi connectivity index (χ0v) is 16.4. The lowest BCUT2D eigenvalue weighted by atomic mass is 10.0. The molecule has 3 heterocycles. The monoisotopic (exact) mass is 389 g/mol. The van der Waals surface area contributed by atoms with Crippen molar-refractivity contribution >= 4 is 28.4 Å². The van der Waals surface area contributed by atoms with Crippen LogP contribution >= 0.6 is 0 Å². The fourth-order valence-corrected chi connectivity index (χ4v) is 4.57. The Bertz CT molecular complexity index is 1100. The normalized spacial score (nSPS) is 18.9. The lowest BCUT2D eigenvalue weighted by molar-refractivity contribution is -0.136. The molecule has 2 aromatic carbocycles. The first kappa shape index (κ1) is 17.8. The average Bonchev–Trinajstić information content (AvgIpc) is 3.33. The minimum Gasteiger partial charge on any atom is -0.495 e. The molecule has 0 saturated carbocycles. The molecular formula is C23H23N3O3. The fourth-order valence-electron chi connectivity index (χ4n) is 4.57. The topological polar surface area (TPSA) is 65.6 Å². The van der Waals surface area contributed by atoms with Crippen LogP contribution in [0.15, 0.2) is 48.5 Å². The van der Waals surface area contributed by atoms with E-state index in [1.165, 1.54) is 16.6 Å². The highest BCUT2D eigenvalue weighted by Crippen LogP contribution is 2.34. The van der Waals surface area contributed by atoms with Gasteiger partial charge in [-0.25, -0.2) is 0 Å². The van der Waals surface area contributed by atoms with Crippen molar-refractivity contribution in [1.29, 1.82) is 0 Å². The maximum Gasteiger partial charge on any atom is 0.228 e. The van der Waals surface area contributed by atoms with Crippen LogP contribution < -0.4 is 9.64 Å². The van der Waals surface area contributed by atoms with Gasteiger partial charge in [0.05, 0.1) is 18.7 Å². The molecule has 0 aliphatic carbocycles. The van der Waals surface area contributed by atoms with Crippen molar-refractivity contribution in [2.45, 2.75) is 19.4 Å². The van der Waals surface area contributed by atoms with Gasteiger partial charge in [0.15, 0.2) is 0 Å². The predicted molar refractivity (Wildman–Crippen MR) is 111 cm³/mol. The van der Waals surface area contributed by atoms with Gasteiger partial charge in [0.25, 0.3) is 0 Å². The summed E-state index contributed by atoms with van der Waals surface area (Å²) >= 11 is 0. The molecule has 1 saturated heterocycles. The van der Waals surface area contributed by atoms with E-state index in [0.29, 0.717) is 25.4 Å². The fraction of sp³-hybridized carbons (Fsp3) is 0.304. The Balaban J connectivity index is 1.36. The second-order valence-electron chi connectivity index (χ2n) is 7.71. The molecule has 5 rings (SSSR count). The van der Waals surface area contributed by atoms with Gasteiger partial charge in [-0.3, -0.25) is 9.59 Å². The SMILES string of the molecule is COc1ccccc1N1C[C@@H](C(=O)N2CCc3[nH]c4ccccc4c3C2)CC1=O. The van der Waals surface area contributed by atoms with Gasteiger partial charge in [-0.2, -0.15) is 0 Å². The summed E-state index contributed by atoms with van der Waals surface area (Å²) in [6, 6.07) is 15.7. The minimum absolute atomic E-state index is 0.0300. The number of nitrogens with one attached hydrogen (secondary N) is 1. The van der Waals surface area contributed by atoms with Crippen LogP contribution in [0.2, 0.25) is 0 Å². The largest absolute Gasteiger partial charge is 0.495 e. The Hall–Kier alpha value is -3.28. The lowest BCUT2D eigenvalue weighted by Crippen LogP contribution is -2.40. The number of ether oxygens (including phenoxy) is 1. The number of rotatable bonds is 3. The third kappa shape index (κ3) is 2.95. The zero-order chi connectivity index (χ0) is 20.0. The van der Waals surface area contributed by atoms with E-state index in [2.05, 4.69) is 17.1 Å². The molecule has 2 amide bonds. The van der Waals surface area contributed by atoms with E-state index in [9.17, 15) is 9.59 Å². The van der Waals surface area contributed by atoms with E-state index in [4.69, 9.17) is 4.74 Å². The van der Waals surface area contributed by atoms with Crippen molar-refractivity contribution in [1.82, 2.24) is 9.88 Å². The smallest absolute Gasteiger partial charge is 0.228 e. The molecule has 0 unspecified atom stereocenters. The van der Waals surface area contributed by atoms with Crippen LogP contribution in [0, 0.1) is 5.92 Å². The molecule has 148 valence electrons. The van der Waals surface area contributed by atoms with Crippen LogP contribution in [0.5, 0.6) is 5.75 Å². The van der Waals surface area contributed by atoms with Gasteiger partial charge >= 0.3 is 0 Å². The number of anilines is 1. The highest BCUT2D eigenvalue weighted by atomic mass is 16.5. The number of carbonyl (C=O) groups excluding carboxylic acids is 2. The van der Waals surface area contributed by atoms with E-state index in [0.717, 1.165) is 17.6 Å². The molecule has 2 aliphatic heterocycles. The Morgan fingerprint density at radius 3 is 2.79 bits per heavy atom. The number of hydrogen-bond donors (Lipinski definition) is 1. The minimum atomic E-state index is -0.320. The van der Waals surface area contributed by atoms with E-state index in [1.54, 1.807) is 12.0 Å². The van der Waals surface area contributed by atoms with Crippen LogP contribution in [0.3, 0.4) is 0 Å². The summed E-state index contributed by atoms with van der Waals surface area (Å²) in [6.45, 7) is 1.67. The van der Waals surface area contributed by atoms with Gasteiger partial charge < -0.3 is 19.5 Å². The lowest BCUT2D eigenvalue weighted by Gasteiger charge is -2.29. The Morgan fingerprint density at radius 2 is 1.93 bits per heavy atom. The van der Waals surface area contributed by atoms with Gasteiger partial charge in [-0.15, -0.1) is 0 Å². The van der Waals surface area contributed by atoms with E-state index < -0.39 is 0 Å². The molecule has 2 aliphatic rings. The highest BCUT2D eigenvalue weighted by Gasteiger charge is 2.39. The first-order valence-electron chi connectivity index (χ1n) is 9.96. The van der Waals surface area contributed by atoms with Gasteiger partial charge in [0.2, 0.25) is 11.8 Å². The van der Waals surface area contributed by atoms with Crippen molar-refractivity contribution in [3.63, 3.8) is 0 Å². The molecule has 1 N–H and O–H groups in total. The van der Waals surface area contributed by atoms with Crippen LogP contribution in [-0.4, -0.2) is 41.9 Å². The second kappa shape index (κ2) is 6.95. The number of nitrogens with zero attached hydrogens (tertiary/aromatic N) is 2. The number of fused-ring (bicyclic) bond motifs is 3. The summed E-state index contributed by atoms with van der Waals surface area (Å²) in [4.78, 5) is 33.0. The molecule has 0 bridgehead atoms. The molecule has 6 heteroatoms. The maximum atomic E-state index is 13.3. The van der Waals surface area contributed by atoms with Gasteiger partial charge in [0, 0.05) is 54.6 Å². The van der Waals surface area contributed by atoms with Gasteiger partial charge in [-0.1, -0.05) is 30.3 Å². The van der Waals surface area contributed by atoms with Gasteiger partial charge in [-0.05, 0) is 18.2 Å². The number of methoxy groups -OCH3 is 1. The Morgan fingerprint density at radius 1 is 1.14 bits per heavy atom. The molecule has 3 aromatic rings. The maximum absolute atomic E-state index is 13.3. The van der Waals surface area contributed by atoms with Crippen LogP contribution in [0.25, 0.3) is 10.9 Å². The third-order valence-electron chi connectivity index (χ3n) is 6.04. The van der Waals surface area contributed by atoms with Crippen molar-refractivity contribution in [3.05, 3.63) is 59.8 Å². The quantitative estimate of drug-likeness (QED) is 0.749. The number of aromatic nitrogens is 1. The standard InChI is InChI=1S/C23H23N3O3/c1-29-21-9-5-4-8-20(21)26-13-15(12-22(26)27)23(28)25-11-10-19-17(14-25)16-6-2-3-7-18(16)24-19/h2-9,15,24H,10-14H2,1H3/t15-/m0/s1. The van der Waals surface area contributed by atoms with Gasteiger partial charge in [0.1, 0.15) is 5.75 Å². The molecule has 6 nitrogen and oxygen atoms in total. The molecule has 1 atom stereocenters. The van der Waals surface area contributed by atoms with Crippen LogP contribution in [-0.2, 0) is 22.6 Å². The zero-order valence-electron chi connectivity index (χ0n) is 16.4. The Kier molecular flexibility index (Phi) is 4.27. The molecule has 1 aromatic heterocycles. The van der Waals surface area contributed by atoms with Crippen LogP contribution in [0.4, 0.5) is 5.69 Å². The summed E-state index contributed by atoms with van der Waals surface area (Å²) in [5, 5.41) is 1.18. The number of carbonyl (C=O) groups is 2. The number of amides is 2. The number of aromatic amines is 1. The first-order chi connectivity index (χ1) is 14.2. The molecular weight excluding hydrogens is 366 g/mol. The summed E-state index contributed by atoms with van der Waals surface area (Å²) < 4.78 is 5.40. The van der Waals surface area contributed by atoms with E-state index >= 15 is 0 Å². The first-order valence-corrected chi connectivity index (χ1v) is 9.96. The Labute approximate surface area is 169 Å². The molecule has 1 fully saturated rings. The second-order valence-corrected chi connectivity index (χ2v) is 7.71. The summed E-state index contributed by atoms with van der Waals surface area (Å²) in [6.07, 6.45) is 1.06. The molecule has 29 heavy (non-hydrogen) atoms. The molecule has 0 spiro atoms. The van der Waals surface area contributed by atoms with Crippen molar-refractivity contribution in [2.24, 2.45) is 5.92 Å². The number of para-hydroxylation sites is 3. The predicted octanol–water partition coefficient (Wildman–Crippen LogP) is 3.11. The number of benzene rings is 2. The van der Waals surface area contributed by atoms with Crippen molar-refractivity contribution in [3.8, 4) is 5.75 Å². The van der Waals surface area contributed by atoms with Crippen LogP contribution in [0.1, 0.15) is 17.7 Å². The van der Waals surface area contributed by atoms with Crippen molar-refractivity contribution < 1.29 is 14.3 Å². The highest BCUT2D eigenvalue weighted by molar-refractivity contribution is 6.01. The third-order valence-corrected chi connectivity index (χ3v) is 6.04. The average molecular weight is 389 g/mol. The van der Waals surface area contributed by atoms with Crippen molar-refractivity contribution in [2.75, 3.05) is 25.1 Å². The van der Waals surface area contributed by atoms with E-state index in [1.807, 2.05) is 41.3 Å².